The van der Waals surface area contributed by atoms with Gasteiger partial charge in [0, 0.05) is 13.0 Å². The van der Waals surface area contributed by atoms with Gasteiger partial charge in [0.2, 0.25) is 5.54 Å². The molecule has 1 rings (SSSR count). The molecule has 1 fully saturated rings. The Hall–Kier alpha value is -2.12. The molecule has 24 heavy (non-hydrogen) atoms. The Morgan fingerprint density at radius 2 is 1.58 bits per heavy atom. The van der Waals surface area contributed by atoms with Crippen molar-refractivity contribution in [2.75, 3.05) is 20.8 Å². The molecule has 0 aromatic rings. The van der Waals surface area contributed by atoms with Crippen LogP contribution in [0, 0.1) is 0 Å². The molecule has 136 valence electrons. The summed E-state index contributed by atoms with van der Waals surface area (Å²) in [5, 5.41) is 0. The summed E-state index contributed by atoms with van der Waals surface area (Å²) >= 11 is 0. The first-order valence-electron chi connectivity index (χ1n) is 7.77. The van der Waals surface area contributed by atoms with Crippen LogP contribution in [0.3, 0.4) is 0 Å². The molecule has 0 atom stereocenters. The Morgan fingerprint density at radius 3 is 2.04 bits per heavy atom. The van der Waals surface area contributed by atoms with E-state index < -0.39 is 35.6 Å². The number of likely N-dealkylation sites (tertiary alicyclic amines) is 1. The summed E-state index contributed by atoms with van der Waals surface area (Å²) in [6.45, 7) is 5.07. The predicted molar refractivity (Wildman–Crippen MR) is 83.2 cm³/mol. The SMILES string of the molecule is COC(=O)C1(C(=O)OC)CC(=O)CCCCN1C(=O)OC(C)(C)C. The van der Waals surface area contributed by atoms with Crippen molar-refractivity contribution in [3.8, 4) is 0 Å². The maximum absolute atomic E-state index is 12.6. The minimum absolute atomic E-state index is 0.0758. The van der Waals surface area contributed by atoms with E-state index in [4.69, 9.17) is 14.2 Å². The molecule has 1 aliphatic heterocycles. The van der Waals surface area contributed by atoms with Gasteiger partial charge < -0.3 is 14.2 Å². The summed E-state index contributed by atoms with van der Waals surface area (Å²) in [4.78, 5) is 50.6. The van der Waals surface area contributed by atoms with E-state index in [0.717, 1.165) is 19.1 Å². The van der Waals surface area contributed by atoms with E-state index in [-0.39, 0.29) is 18.7 Å². The van der Waals surface area contributed by atoms with Gasteiger partial charge in [-0.15, -0.1) is 0 Å². The van der Waals surface area contributed by atoms with Gasteiger partial charge in [-0.05, 0) is 33.6 Å². The quantitative estimate of drug-likeness (QED) is 0.425. The second-order valence-corrected chi connectivity index (χ2v) is 6.65. The van der Waals surface area contributed by atoms with Gasteiger partial charge in [-0.3, -0.25) is 9.69 Å². The van der Waals surface area contributed by atoms with Crippen LogP contribution in [0.1, 0.15) is 46.5 Å². The van der Waals surface area contributed by atoms with E-state index in [2.05, 4.69) is 0 Å². The number of hydrogen-bond acceptors (Lipinski definition) is 7. The third kappa shape index (κ3) is 4.24. The molecule has 0 aromatic heterocycles. The largest absolute Gasteiger partial charge is 0.467 e. The number of hydrogen-bond donors (Lipinski definition) is 0. The number of methoxy groups -OCH3 is 2. The Kier molecular flexibility index (Phi) is 6.34. The van der Waals surface area contributed by atoms with Gasteiger partial charge in [-0.1, -0.05) is 0 Å². The fourth-order valence-electron chi connectivity index (χ4n) is 2.60. The first kappa shape index (κ1) is 19.9. The van der Waals surface area contributed by atoms with Gasteiger partial charge in [-0.25, -0.2) is 14.4 Å². The molecule has 0 saturated carbocycles. The second-order valence-electron chi connectivity index (χ2n) is 6.65. The Bertz CT molecular complexity index is 505. The Morgan fingerprint density at radius 1 is 1.04 bits per heavy atom. The summed E-state index contributed by atoms with van der Waals surface area (Å²) in [7, 11) is 2.17. The molecule has 1 amide bonds. The van der Waals surface area contributed by atoms with Crippen molar-refractivity contribution in [1.29, 1.82) is 0 Å². The van der Waals surface area contributed by atoms with Crippen molar-refractivity contribution in [1.82, 2.24) is 4.90 Å². The van der Waals surface area contributed by atoms with Crippen LogP contribution < -0.4 is 0 Å². The van der Waals surface area contributed by atoms with Crippen molar-refractivity contribution < 1.29 is 33.4 Å². The lowest BCUT2D eigenvalue weighted by Gasteiger charge is -2.40. The monoisotopic (exact) mass is 343 g/mol. The summed E-state index contributed by atoms with van der Waals surface area (Å²) < 4.78 is 14.8. The van der Waals surface area contributed by atoms with Crippen molar-refractivity contribution in [3.63, 3.8) is 0 Å². The Balaban J connectivity index is 3.42. The number of nitrogens with zero attached hydrogens (tertiary/aromatic N) is 1. The summed E-state index contributed by atoms with van der Waals surface area (Å²) in [6.07, 6.45) is -0.145. The van der Waals surface area contributed by atoms with Crippen LogP contribution >= 0.6 is 0 Å². The average molecular weight is 343 g/mol. The molecule has 0 aromatic carbocycles. The predicted octanol–water partition coefficient (Wildman–Crippen LogP) is 1.45. The molecule has 0 aliphatic carbocycles. The zero-order valence-corrected chi connectivity index (χ0v) is 14.8. The summed E-state index contributed by atoms with van der Waals surface area (Å²) in [6, 6.07) is 0. The molecule has 0 unspecified atom stereocenters. The number of esters is 2. The number of amides is 1. The highest BCUT2D eigenvalue weighted by atomic mass is 16.6. The van der Waals surface area contributed by atoms with E-state index in [1.54, 1.807) is 20.8 Å². The Labute approximate surface area is 141 Å². The number of Topliss-reactive ketones (excluding diaryl/α,β-unsaturated/α-hetero) is 1. The maximum Gasteiger partial charge on any atom is 0.411 e. The lowest BCUT2D eigenvalue weighted by Crippen LogP contribution is -2.65. The highest BCUT2D eigenvalue weighted by Crippen LogP contribution is 2.30. The van der Waals surface area contributed by atoms with Crippen LogP contribution in [0.15, 0.2) is 0 Å². The average Bonchev–Trinajstić information content (AvgIpc) is 2.47. The maximum atomic E-state index is 12.6. The van der Waals surface area contributed by atoms with Gasteiger partial charge in [0.05, 0.1) is 20.6 Å². The van der Waals surface area contributed by atoms with Crippen LogP contribution in [0.4, 0.5) is 4.79 Å². The molecular formula is C16H25NO7. The van der Waals surface area contributed by atoms with Gasteiger partial charge in [0.15, 0.2) is 0 Å². The zero-order chi connectivity index (χ0) is 18.5. The molecule has 0 N–H and O–H groups in total. The van der Waals surface area contributed by atoms with Gasteiger partial charge >= 0.3 is 18.0 Å². The van der Waals surface area contributed by atoms with Crippen molar-refractivity contribution in [3.05, 3.63) is 0 Å². The molecule has 0 spiro atoms. The number of rotatable bonds is 2. The van der Waals surface area contributed by atoms with Crippen LogP contribution in [-0.4, -0.2) is 60.6 Å². The zero-order valence-electron chi connectivity index (χ0n) is 14.8. The van der Waals surface area contributed by atoms with E-state index >= 15 is 0 Å². The molecule has 1 heterocycles. The lowest BCUT2D eigenvalue weighted by molar-refractivity contribution is -0.174. The fraction of sp³-hybridized carbons (Fsp3) is 0.750. The summed E-state index contributed by atoms with van der Waals surface area (Å²) in [5.41, 5.74) is -3.00. The minimum Gasteiger partial charge on any atom is -0.467 e. The normalized spacial score (nSPS) is 18.2. The third-order valence-corrected chi connectivity index (χ3v) is 3.66. The van der Waals surface area contributed by atoms with Crippen molar-refractivity contribution in [2.24, 2.45) is 0 Å². The van der Waals surface area contributed by atoms with Crippen LogP contribution in [-0.2, 0) is 28.6 Å². The van der Waals surface area contributed by atoms with Crippen LogP contribution in [0.5, 0.6) is 0 Å². The minimum atomic E-state index is -2.16. The van der Waals surface area contributed by atoms with E-state index in [1.165, 1.54) is 0 Å². The molecule has 1 saturated heterocycles. The molecule has 0 bridgehead atoms. The van der Waals surface area contributed by atoms with Gasteiger partial charge in [-0.2, -0.15) is 0 Å². The number of carbonyl (C=O) groups is 4. The molecule has 0 radical (unpaired) electrons. The molecule has 8 nitrogen and oxygen atoms in total. The summed E-state index contributed by atoms with van der Waals surface area (Å²) in [5.74, 6) is -2.36. The standard InChI is InChI=1S/C16H25NO7/c1-15(2,3)24-14(21)17-9-7-6-8-11(18)10-16(17,12(19)22-4)13(20)23-5/h6-10H2,1-5H3. The van der Waals surface area contributed by atoms with E-state index in [0.29, 0.717) is 12.8 Å². The molecule has 1 aliphatic rings. The van der Waals surface area contributed by atoms with E-state index in [9.17, 15) is 19.2 Å². The smallest absolute Gasteiger partial charge is 0.411 e. The fourth-order valence-corrected chi connectivity index (χ4v) is 2.60. The number of ether oxygens (including phenoxy) is 3. The molecule has 8 heteroatoms. The number of carbonyl (C=O) groups excluding carboxylic acids is 4. The topological polar surface area (TPSA) is 99.2 Å². The third-order valence-electron chi connectivity index (χ3n) is 3.66. The first-order valence-corrected chi connectivity index (χ1v) is 7.77. The van der Waals surface area contributed by atoms with Gasteiger partial charge in [0.25, 0.3) is 0 Å². The van der Waals surface area contributed by atoms with Crippen molar-refractivity contribution >= 4 is 23.8 Å². The number of ketones is 1. The van der Waals surface area contributed by atoms with Crippen molar-refractivity contribution in [2.45, 2.75) is 57.6 Å². The van der Waals surface area contributed by atoms with Crippen LogP contribution in [0.2, 0.25) is 0 Å². The second kappa shape index (κ2) is 7.63. The van der Waals surface area contributed by atoms with E-state index in [1.807, 2.05) is 0 Å². The lowest BCUT2D eigenvalue weighted by atomic mass is 9.87. The van der Waals surface area contributed by atoms with Gasteiger partial charge in [0.1, 0.15) is 11.4 Å². The molecular weight excluding hydrogens is 318 g/mol. The van der Waals surface area contributed by atoms with Crippen LogP contribution in [0.25, 0.3) is 0 Å². The highest BCUT2D eigenvalue weighted by Gasteiger charge is 2.57. The highest BCUT2D eigenvalue weighted by molar-refractivity contribution is 6.10. The first-order chi connectivity index (χ1) is 11.1.